The lowest BCUT2D eigenvalue weighted by atomic mass is 10.2. The minimum absolute atomic E-state index is 0.551. The van der Waals surface area contributed by atoms with Crippen LogP contribution in [0.2, 0.25) is 0 Å². The maximum Gasteiger partial charge on any atom is 0.0410 e. The molecule has 0 aliphatic heterocycles. The van der Waals surface area contributed by atoms with E-state index < -0.39 is 0 Å². The van der Waals surface area contributed by atoms with E-state index >= 15 is 0 Å². The number of hydrogen-bond donors (Lipinski definition) is 1. The van der Waals surface area contributed by atoms with Crippen molar-refractivity contribution in [1.82, 2.24) is 4.90 Å². The lowest BCUT2D eigenvalue weighted by Gasteiger charge is -2.23. The van der Waals surface area contributed by atoms with Crippen LogP contribution in [0.4, 0.5) is 0 Å². The van der Waals surface area contributed by atoms with Crippen LogP contribution in [-0.4, -0.2) is 24.2 Å². The zero-order valence-corrected chi connectivity index (χ0v) is 10.7. The molecule has 0 saturated carbocycles. The number of rotatable bonds is 6. The molecule has 0 aromatic carbocycles. The second kappa shape index (κ2) is 6.49. The van der Waals surface area contributed by atoms with Gasteiger partial charge in [-0.2, -0.15) is 12.6 Å². The van der Waals surface area contributed by atoms with Crippen molar-refractivity contribution in [3.63, 3.8) is 0 Å². The molecular weight excluding hydrogens is 210 g/mol. The fourth-order valence-electron chi connectivity index (χ4n) is 1.41. The molecule has 14 heavy (non-hydrogen) atoms. The Bertz CT molecular complexity index is 233. The first-order chi connectivity index (χ1) is 6.75. The van der Waals surface area contributed by atoms with Gasteiger partial charge in [-0.05, 0) is 50.6 Å². The highest BCUT2D eigenvalue weighted by atomic mass is 32.1. The van der Waals surface area contributed by atoms with Crippen LogP contribution in [0.5, 0.6) is 0 Å². The molecule has 0 aliphatic rings. The van der Waals surface area contributed by atoms with Crippen LogP contribution in [0.25, 0.3) is 0 Å². The van der Waals surface area contributed by atoms with Crippen molar-refractivity contribution < 1.29 is 0 Å². The summed E-state index contributed by atoms with van der Waals surface area (Å²) in [7, 11) is 2.20. The van der Waals surface area contributed by atoms with Gasteiger partial charge in [-0.25, -0.2) is 0 Å². The summed E-state index contributed by atoms with van der Waals surface area (Å²) in [6, 6.07) is 4.89. The van der Waals surface area contributed by atoms with Crippen molar-refractivity contribution in [3.05, 3.63) is 22.4 Å². The summed E-state index contributed by atoms with van der Waals surface area (Å²) in [6.45, 7) is 3.44. The first kappa shape index (κ1) is 12.1. The van der Waals surface area contributed by atoms with Crippen molar-refractivity contribution in [1.29, 1.82) is 0 Å². The van der Waals surface area contributed by atoms with Crippen LogP contribution in [0.3, 0.4) is 0 Å². The molecule has 0 radical (unpaired) electrons. The Kier molecular flexibility index (Phi) is 5.60. The average molecular weight is 229 g/mol. The lowest BCUT2D eigenvalue weighted by Crippen LogP contribution is -2.22. The number of nitrogens with zero attached hydrogens (tertiary/aromatic N) is 1. The molecule has 1 heterocycles. The Morgan fingerprint density at radius 1 is 1.50 bits per heavy atom. The van der Waals surface area contributed by atoms with Crippen molar-refractivity contribution in [2.24, 2.45) is 0 Å². The molecule has 1 unspecified atom stereocenters. The van der Waals surface area contributed by atoms with Gasteiger partial charge in [0.15, 0.2) is 0 Å². The summed E-state index contributed by atoms with van der Waals surface area (Å²) in [5.74, 6) is 1.00. The second-order valence-corrected chi connectivity index (χ2v) is 5.03. The van der Waals surface area contributed by atoms with E-state index in [1.54, 1.807) is 0 Å². The van der Waals surface area contributed by atoms with Gasteiger partial charge in [-0.15, -0.1) is 11.3 Å². The molecule has 0 aliphatic carbocycles. The van der Waals surface area contributed by atoms with Crippen molar-refractivity contribution in [3.8, 4) is 0 Å². The van der Waals surface area contributed by atoms with E-state index in [1.807, 2.05) is 11.3 Å². The Hall–Kier alpha value is 0.01000. The number of thiophene rings is 1. The van der Waals surface area contributed by atoms with Gasteiger partial charge in [0.1, 0.15) is 0 Å². The zero-order chi connectivity index (χ0) is 10.4. The summed E-state index contributed by atoms with van der Waals surface area (Å²) >= 11 is 6.06. The van der Waals surface area contributed by atoms with Crippen LogP contribution >= 0.6 is 24.0 Å². The topological polar surface area (TPSA) is 3.24 Å². The smallest absolute Gasteiger partial charge is 0.0410 e. The van der Waals surface area contributed by atoms with Gasteiger partial charge in [0.2, 0.25) is 0 Å². The summed E-state index contributed by atoms with van der Waals surface area (Å²) in [6.07, 6.45) is 2.46. The van der Waals surface area contributed by atoms with E-state index in [0.29, 0.717) is 6.04 Å². The Morgan fingerprint density at radius 2 is 2.29 bits per heavy atom. The molecule has 1 aromatic rings. The predicted octanol–water partition coefficient (Wildman–Crippen LogP) is 3.45. The number of thiol groups is 1. The molecule has 1 nitrogen and oxygen atoms in total. The van der Waals surface area contributed by atoms with Gasteiger partial charge in [0.05, 0.1) is 0 Å². The van der Waals surface area contributed by atoms with Gasteiger partial charge in [-0.1, -0.05) is 6.07 Å². The number of hydrogen-bond acceptors (Lipinski definition) is 3. The largest absolute Gasteiger partial charge is 0.299 e. The third-order valence-electron chi connectivity index (χ3n) is 2.54. The van der Waals surface area contributed by atoms with Crippen LogP contribution in [0.15, 0.2) is 17.5 Å². The summed E-state index contributed by atoms with van der Waals surface area (Å²) < 4.78 is 0. The Labute approximate surface area is 96.5 Å². The van der Waals surface area contributed by atoms with Crippen molar-refractivity contribution >= 4 is 24.0 Å². The molecule has 0 bridgehead atoms. The van der Waals surface area contributed by atoms with Gasteiger partial charge in [0.25, 0.3) is 0 Å². The molecule has 80 valence electrons. The minimum atomic E-state index is 0.551. The molecular formula is C11H19NS2. The van der Waals surface area contributed by atoms with Crippen LogP contribution in [0.1, 0.15) is 30.7 Å². The standard InChI is InChI=1S/C11H19NS2/c1-10(11-6-5-9-14-11)12(2)7-3-4-8-13/h5-6,9-10,13H,3-4,7-8H2,1-2H3. The second-order valence-electron chi connectivity index (χ2n) is 3.60. The quantitative estimate of drug-likeness (QED) is 0.577. The van der Waals surface area contributed by atoms with E-state index in [0.717, 1.165) is 5.75 Å². The maximum absolute atomic E-state index is 4.22. The van der Waals surface area contributed by atoms with E-state index in [4.69, 9.17) is 0 Å². The highest BCUT2D eigenvalue weighted by Gasteiger charge is 2.11. The van der Waals surface area contributed by atoms with E-state index in [1.165, 1.54) is 24.3 Å². The summed E-state index contributed by atoms with van der Waals surface area (Å²) in [4.78, 5) is 3.87. The first-order valence-electron chi connectivity index (χ1n) is 5.10. The van der Waals surface area contributed by atoms with E-state index in [9.17, 15) is 0 Å². The molecule has 1 atom stereocenters. The molecule has 0 N–H and O–H groups in total. The minimum Gasteiger partial charge on any atom is -0.299 e. The highest BCUT2D eigenvalue weighted by molar-refractivity contribution is 7.80. The highest BCUT2D eigenvalue weighted by Crippen LogP contribution is 2.23. The molecule has 1 aromatic heterocycles. The van der Waals surface area contributed by atoms with E-state index in [2.05, 4.69) is 49.0 Å². The van der Waals surface area contributed by atoms with E-state index in [-0.39, 0.29) is 0 Å². The SMILES string of the molecule is CC(c1cccs1)N(C)CCCCS. The maximum atomic E-state index is 4.22. The fourth-order valence-corrected chi connectivity index (χ4v) is 2.48. The molecule has 0 saturated heterocycles. The van der Waals surface area contributed by atoms with Crippen LogP contribution in [-0.2, 0) is 0 Å². The van der Waals surface area contributed by atoms with Gasteiger partial charge < -0.3 is 0 Å². The normalized spacial score (nSPS) is 13.4. The van der Waals surface area contributed by atoms with Gasteiger partial charge in [-0.3, -0.25) is 4.90 Å². The molecule has 0 fully saturated rings. The molecule has 0 spiro atoms. The molecule has 1 rings (SSSR count). The average Bonchev–Trinajstić information content (AvgIpc) is 2.69. The summed E-state index contributed by atoms with van der Waals surface area (Å²) in [5, 5.41) is 2.15. The predicted molar refractivity (Wildman–Crippen MR) is 68.5 cm³/mol. The third kappa shape index (κ3) is 3.64. The summed E-state index contributed by atoms with van der Waals surface area (Å²) in [5.41, 5.74) is 0. The Balaban J connectivity index is 2.33. The zero-order valence-electron chi connectivity index (χ0n) is 8.94. The first-order valence-corrected chi connectivity index (χ1v) is 6.61. The fraction of sp³-hybridized carbons (Fsp3) is 0.636. The lowest BCUT2D eigenvalue weighted by molar-refractivity contribution is 0.261. The van der Waals surface area contributed by atoms with Crippen molar-refractivity contribution in [2.75, 3.05) is 19.3 Å². The van der Waals surface area contributed by atoms with Crippen LogP contribution < -0.4 is 0 Å². The third-order valence-corrected chi connectivity index (χ3v) is 3.89. The Morgan fingerprint density at radius 3 is 2.86 bits per heavy atom. The molecule has 3 heteroatoms. The van der Waals surface area contributed by atoms with Gasteiger partial charge >= 0.3 is 0 Å². The molecule has 0 amide bonds. The van der Waals surface area contributed by atoms with Gasteiger partial charge in [0, 0.05) is 10.9 Å². The number of unbranched alkanes of at least 4 members (excludes halogenated alkanes) is 1. The monoisotopic (exact) mass is 229 g/mol. The van der Waals surface area contributed by atoms with Crippen LogP contribution in [0, 0.1) is 0 Å². The van der Waals surface area contributed by atoms with Crippen molar-refractivity contribution in [2.45, 2.75) is 25.8 Å².